The molecule has 0 radical (unpaired) electrons. The van der Waals surface area contributed by atoms with Crippen molar-refractivity contribution in [3.05, 3.63) is 29.8 Å². The van der Waals surface area contributed by atoms with E-state index in [2.05, 4.69) is 0 Å². The van der Waals surface area contributed by atoms with Gasteiger partial charge in [-0.1, -0.05) is 6.92 Å². The summed E-state index contributed by atoms with van der Waals surface area (Å²) in [6.07, 6.45) is 0. The number of carbonyl (C=O) groups is 2. The molecule has 0 fully saturated rings. The molecule has 0 heterocycles. The Hall–Kier alpha value is -1.69. The number of anilines is 1. The van der Waals surface area contributed by atoms with Crippen LogP contribution in [0.4, 0.5) is 5.69 Å². The van der Waals surface area contributed by atoms with Gasteiger partial charge in [-0.3, -0.25) is 4.79 Å². The van der Waals surface area contributed by atoms with Gasteiger partial charge in [-0.2, -0.15) is 0 Å². The predicted octanol–water partition coefficient (Wildman–Crippen LogP) is 1.42. The molecule has 1 rings (SSSR count). The summed E-state index contributed by atoms with van der Waals surface area (Å²) < 4.78 is 12.8. The first-order valence-corrected chi connectivity index (χ1v) is 6.27. The van der Waals surface area contributed by atoms with Gasteiger partial charge in [0.25, 0.3) is 0 Å². The summed E-state index contributed by atoms with van der Waals surface area (Å²) in [5.74, 6) is -1.06. The SMILES string of the molecule is CCS(=O)N(C(C)=O)c1ccc(C(=O)O)cc1. The van der Waals surface area contributed by atoms with Gasteiger partial charge in [0.1, 0.15) is 11.0 Å². The number of aromatic carboxylic acids is 1. The average Bonchev–Trinajstić information content (AvgIpc) is 2.29. The number of hydrogen-bond donors (Lipinski definition) is 1. The van der Waals surface area contributed by atoms with Crippen LogP contribution in [0.1, 0.15) is 24.2 Å². The first-order chi connectivity index (χ1) is 7.97. The van der Waals surface area contributed by atoms with Crippen LogP contribution in [-0.2, 0) is 15.8 Å². The third-order valence-electron chi connectivity index (χ3n) is 2.09. The van der Waals surface area contributed by atoms with Crippen LogP contribution >= 0.6 is 0 Å². The van der Waals surface area contributed by atoms with Crippen LogP contribution in [-0.4, -0.2) is 26.9 Å². The molecular weight excluding hydrogens is 242 g/mol. The summed E-state index contributed by atoms with van der Waals surface area (Å²) in [5.41, 5.74) is 0.558. The van der Waals surface area contributed by atoms with Crippen LogP contribution in [0.5, 0.6) is 0 Å². The smallest absolute Gasteiger partial charge is 0.335 e. The highest BCUT2D eigenvalue weighted by molar-refractivity contribution is 7.87. The zero-order chi connectivity index (χ0) is 13.0. The Kier molecular flexibility index (Phi) is 4.39. The van der Waals surface area contributed by atoms with E-state index < -0.39 is 17.0 Å². The maximum atomic E-state index is 11.7. The number of carboxylic acids is 1. The Morgan fingerprint density at radius 3 is 2.18 bits per heavy atom. The molecule has 5 nitrogen and oxygen atoms in total. The van der Waals surface area contributed by atoms with E-state index in [4.69, 9.17) is 5.11 Å². The standard InChI is InChI=1S/C11H13NO4S/c1-3-17(16)12(8(2)13)10-6-4-9(5-7-10)11(14)15/h4-7H,3H2,1-2H3,(H,14,15). The van der Waals surface area contributed by atoms with Crippen LogP contribution < -0.4 is 4.31 Å². The second kappa shape index (κ2) is 5.58. The number of carbonyl (C=O) groups excluding carboxylic acids is 1. The van der Waals surface area contributed by atoms with E-state index in [-0.39, 0.29) is 11.5 Å². The van der Waals surface area contributed by atoms with Gasteiger partial charge in [-0.05, 0) is 24.3 Å². The minimum atomic E-state index is -1.43. The molecular formula is C11H13NO4S. The fourth-order valence-corrected chi connectivity index (χ4v) is 2.21. The van der Waals surface area contributed by atoms with E-state index >= 15 is 0 Å². The van der Waals surface area contributed by atoms with E-state index in [0.29, 0.717) is 11.4 Å². The van der Waals surface area contributed by atoms with Crippen LogP contribution in [0.25, 0.3) is 0 Å². The zero-order valence-electron chi connectivity index (χ0n) is 9.54. The summed E-state index contributed by atoms with van der Waals surface area (Å²) in [5, 5.41) is 8.74. The third kappa shape index (κ3) is 3.13. The molecule has 1 unspecified atom stereocenters. The van der Waals surface area contributed by atoms with Crippen molar-refractivity contribution in [3.63, 3.8) is 0 Å². The number of benzene rings is 1. The molecule has 1 atom stereocenters. The largest absolute Gasteiger partial charge is 0.478 e. The van der Waals surface area contributed by atoms with Crippen LogP contribution in [0.2, 0.25) is 0 Å². The first-order valence-electron chi connectivity index (χ1n) is 5.00. The lowest BCUT2D eigenvalue weighted by Gasteiger charge is -2.18. The highest BCUT2D eigenvalue weighted by Crippen LogP contribution is 2.17. The molecule has 1 aromatic carbocycles. The third-order valence-corrected chi connectivity index (χ3v) is 3.45. The first kappa shape index (κ1) is 13.4. The highest BCUT2D eigenvalue weighted by atomic mass is 32.2. The van der Waals surface area contributed by atoms with Gasteiger partial charge < -0.3 is 5.11 Å². The quantitative estimate of drug-likeness (QED) is 0.883. The molecule has 17 heavy (non-hydrogen) atoms. The van der Waals surface area contributed by atoms with Gasteiger partial charge in [0.05, 0.1) is 11.3 Å². The molecule has 0 saturated heterocycles. The molecule has 1 amide bonds. The van der Waals surface area contributed by atoms with Gasteiger partial charge in [0.2, 0.25) is 5.91 Å². The van der Waals surface area contributed by atoms with Crippen LogP contribution in [0.15, 0.2) is 24.3 Å². The van der Waals surface area contributed by atoms with Gasteiger partial charge in [0, 0.05) is 12.7 Å². The normalized spacial score (nSPS) is 11.9. The fourth-order valence-electron chi connectivity index (χ4n) is 1.31. The minimum Gasteiger partial charge on any atom is -0.478 e. The van der Waals surface area contributed by atoms with E-state index in [0.717, 1.165) is 4.31 Å². The lowest BCUT2D eigenvalue weighted by atomic mass is 10.2. The predicted molar refractivity (Wildman–Crippen MR) is 65.2 cm³/mol. The Labute approximate surface area is 102 Å². The van der Waals surface area contributed by atoms with E-state index in [1.807, 2.05) is 0 Å². The number of hydrogen-bond acceptors (Lipinski definition) is 3. The monoisotopic (exact) mass is 255 g/mol. The lowest BCUT2D eigenvalue weighted by molar-refractivity contribution is -0.115. The van der Waals surface area contributed by atoms with Crippen molar-refractivity contribution in [2.24, 2.45) is 0 Å². The molecule has 0 saturated carbocycles. The number of carboxylic acid groups (broad SMARTS) is 1. The topological polar surface area (TPSA) is 74.7 Å². The van der Waals surface area contributed by atoms with Crippen molar-refractivity contribution < 1.29 is 18.9 Å². The summed E-state index contributed by atoms with van der Waals surface area (Å²) in [4.78, 5) is 22.0. The van der Waals surface area contributed by atoms with Gasteiger partial charge >= 0.3 is 5.97 Å². The van der Waals surface area contributed by atoms with Crippen LogP contribution in [0.3, 0.4) is 0 Å². The van der Waals surface area contributed by atoms with Crippen molar-refractivity contribution in [1.82, 2.24) is 0 Å². The molecule has 92 valence electrons. The summed E-state index contributed by atoms with van der Waals surface area (Å²) >= 11 is 0. The average molecular weight is 255 g/mol. The molecule has 0 bridgehead atoms. The molecule has 1 N–H and O–H groups in total. The Morgan fingerprint density at radius 1 is 1.29 bits per heavy atom. The number of nitrogens with zero attached hydrogens (tertiary/aromatic N) is 1. The lowest BCUT2D eigenvalue weighted by Crippen LogP contribution is -2.31. The minimum absolute atomic E-state index is 0.125. The van der Waals surface area contributed by atoms with Crippen LogP contribution in [0, 0.1) is 0 Å². The fraction of sp³-hybridized carbons (Fsp3) is 0.273. The number of amides is 1. The molecule has 0 spiro atoms. The van der Waals surface area contributed by atoms with E-state index in [1.165, 1.54) is 31.2 Å². The van der Waals surface area contributed by atoms with Crippen molar-refractivity contribution in [1.29, 1.82) is 0 Å². The Balaban J connectivity index is 3.08. The molecule has 6 heteroatoms. The molecule has 0 aliphatic carbocycles. The van der Waals surface area contributed by atoms with Gasteiger partial charge in [0.15, 0.2) is 0 Å². The number of rotatable bonds is 4. The Morgan fingerprint density at radius 2 is 1.82 bits per heavy atom. The van der Waals surface area contributed by atoms with E-state index in [9.17, 15) is 13.8 Å². The van der Waals surface area contributed by atoms with E-state index in [1.54, 1.807) is 6.92 Å². The molecule has 0 aliphatic rings. The molecule has 1 aromatic rings. The molecule has 0 aromatic heterocycles. The van der Waals surface area contributed by atoms with Crippen molar-refractivity contribution in [2.45, 2.75) is 13.8 Å². The second-order valence-corrected chi connectivity index (χ2v) is 4.86. The maximum Gasteiger partial charge on any atom is 0.335 e. The zero-order valence-corrected chi connectivity index (χ0v) is 10.4. The van der Waals surface area contributed by atoms with Gasteiger partial charge in [-0.15, -0.1) is 0 Å². The van der Waals surface area contributed by atoms with Crippen molar-refractivity contribution in [2.75, 3.05) is 10.1 Å². The second-order valence-electron chi connectivity index (χ2n) is 3.28. The summed E-state index contributed by atoms with van der Waals surface area (Å²) in [6.45, 7) is 3.02. The maximum absolute atomic E-state index is 11.7. The summed E-state index contributed by atoms with van der Waals surface area (Å²) in [6, 6.07) is 5.69. The highest BCUT2D eigenvalue weighted by Gasteiger charge is 2.17. The van der Waals surface area contributed by atoms with Gasteiger partial charge in [-0.25, -0.2) is 13.3 Å². The van der Waals surface area contributed by atoms with Crippen molar-refractivity contribution >= 4 is 28.5 Å². The molecule has 0 aliphatic heterocycles. The summed E-state index contributed by atoms with van der Waals surface area (Å²) in [7, 11) is -1.43. The van der Waals surface area contributed by atoms with Crippen molar-refractivity contribution in [3.8, 4) is 0 Å². The Bertz CT molecular complexity index is 455.